The van der Waals surface area contributed by atoms with Crippen LogP contribution in [-0.2, 0) is 28.7 Å². The molecule has 2 aliphatic rings. The maximum absolute atomic E-state index is 13.7. The number of likely N-dealkylation sites (tertiary alicyclic amines) is 1. The molecule has 2 amide bonds. The number of halogens is 4. The number of aromatic nitrogens is 4. The van der Waals surface area contributed by atoms with Crippen molar-refractivity contribution in [2.24, 2.45) is 0 Å². The number of benzene rings is 1. The summed E-state index contributed by atoms with van der Waals surface area (Å²) in [6, 6.07) is 2.66. The zero-order chi connectivity index (χ0) is 29.3. The van der Waals surface area contributed by atoms with Crippen LogP contribution in [0.2, 0.25) is 5.02 Å². The summed E-state index contributed by atoms with van der Waals surface area (Å²) in [6.07, 6.45) is -0.482. The summed E-state index contributed by atoms with van der Waals surface area (Å²) >= 11 is 6.04. The van der Waals surface area contributed by atoms with E-state index in [-0.39, 0.29) is 34.8 Å². The smallest absolute Gasteiger partial charge is 0.363 e. The van der Waals surface area contributed by atoms with Gasteiger partial charge < -0.3 is 25.0 Å². The topological polar surface area (TPSA) is 117 Å². The van der Waals surface area contributed by atoms with Crippen molar-refractivity contribution in [2.45, 2.75) is 32.5 Å². The summed E-state index contributed by atoms with van der Waals surface area (Å²) in [5, 5.41) is 9.86. The second-order valence-electron chi connectivity index (χ2n) is 9.71. The fraction of sp³-hybridized carbons (Fsp3) is 0.423. The van der Waals surface area contributed by atoms with Gasteiger partial charge in [-0.1, -0.05) is 18.5 Å². The Kier molecular flexibility index (Phi) is 8.04. The molecule has 41 heavy (non-hydrogen) atoms. The first-order chi connectivity index (χ1) is 19.6. The fourth-order valence-electron chi connectivity index (χ4n) is 4.82. The Bertz CT molecular complexity index is 1570. The van der Waals surface area contributed by atoms with E-state index in [4.69, 9.17) is 11.6 Å². The van der Waals surface area contributed by atoms with Gasteiger partial charge in [0.15, 0.2) is 5.82 Å². The Morgan fingerprint density at radius 3 is 2.51 bits per heavy atom. The number of rotatable bonds is 7. The molecule has 0 bridgehead atoms. The van der Waals surface area contributed by atoms with Crippen molar-refractivity contribution in [3.8, 4) is 0 Å². The van der Waals surface area contributed by atoms with Crippen LogP contribution in [0, 0.1) is 0 Å². The largest absolute Gasteiger partial charge is 0.416 e. The highest BCUT2D eigenvalue weighted by Gasteiger charge is 2.31. The molecular formula is C26H28ClF3N8O3. The lowest BCUT2D eigenvalue weighted by Gasteiger charge is -2.31. The molecule has 11 nitrogen and oxygen atoms in total. The number of alkyl halides is 3. The van der Waals surface area contributed by atoms with E-state index in [0.29, 0.717) is 57.1 Å². The molecule has 0 spiro atoms. The molecule has 2 saturated heterocycles. The lowest BCUT2D eigenvalue weighted by molar-refractivity contribution is -0.137. The van der Waals surface area contributed by atoms with Crippen molar-refractivity contribution in [2.75, 3.05) is 49.5 Å². The molecule has 2 aliphatic heterocycles. The molecule has 0 saturated carbocycles. The first kappa shape index (κ1) is 28.6. The molecule has 0 unspecified atom stereocenters. The van der Waals surface area contributed by atoms with Crippen LogP contribution in [-0.4, -0.2) is 75.1 Å². The number of carbonyl (C=O) groups is 2. The second-order valence-corrected chi connectivity index (χ2v) is 10.1. The SMILES string of the molecule is CCc1c(N2CCNCC2)c(=O)n2nc(/C=C/C(=O)N3CCC3)nc2n1CC(=O)Nc1ccc(C(F)(F)F)cc1Cl. The number of fused-ring (bicyclic) bond motifs is 1. The summed E-state index contributed by atoms with van der Waals surface area (Å²) in [7, 11) is 0. The van der Waals surface area contributed by atoms with Crippen LogP contribution < -0.4 is 21.1 Å². The fourth-order valence-corrected chi connectivity index (χ4v) is 5.05. The maximum atomic E-state index is 13.7. The Balaban J connectivity index is 1.53. The van der Waals surface area contributed by atoms with Gasteiger partial charge in [-0.3, -0.25) is 14.4 Å². The number of carbonyl (C=O) groups excluding carboxylic acids is 2. The minimum atomic E-state index is -4.58. The Morgan fingerprint density at radius 2 is 1.90 bits per heavy atom. The molecule has 2 N–H and O–H groups in total. The highest BCUT2D eigenvalue weighted by Crippen LogP contribution is 2.33. The Labute approximate surface area is 237 Å². The normalized spacial score (nSPS) is 15.9. The molecule has 4 heterocycles. The minimum Gasteiger partial charge on any atom is -0.363 e. The van der Waals surface area contributed by atoms with Gasteiger partial charge in [0.1, 0.15) is 12.2 Å². The van der Waals surface area contributed by atoms with Crippen LogP contribution in [0.15, 0.2) is 29.1 Å². The molecule has 2 aromatic heterocycles. The molecule has 5 rings (SSSR count). The lowest BCUT2D eigenvalue weighted by atomic mass is 10.2. The van der Waals surface area contributed by atoms with Crippen LogP contribution in [0.1, 0.15) is 30.4 Å². The summed E-state index contributed by atoms with van der Waals surface area (Å²) in [6.45, 7) is 5.34. The molecular weight excluding hydrogens is 565 g/mol. The number of nitrogens with zero attached hydrogens (tertiary/aromatic N) is 6. The summed E-state index contributed by atoms with van der Waals surface area (Å²) in [5.74, 6) is -0.564. The van der Waals surface area contributed by atoms with Crippen molar-refractivity contribution in [3.63, 3.8) is 0 Å². The highest BCUT2D eigenvalue weighted by atomic mass is 35.5. The van der Waals surface area contributed by atoms with Gasteiger partial charge in [0.25, 0.3) is 5.56 Å². The molecule has 0 aliphatic carbocycles. The minimum absolute atomic E-state index is 0.0108. The van der Waals surface area contributed by atoms with Gasteiger partial charge in [-0.2, -0.15) is 22.7 Å². The third-order valence-electron chi connectivity index (χ3n) is 7.03. The molecule has 1 aromatic carbocycles. The van der Waals surface area contributed by atoms with Crippen LogP contribution in [0.5, 0.6) is 0 Å². The zero-order valence-corrected chi connectivity index (χ0v) is 22.9. The molecule has 3 aromatic rings. The number of nitrogens with one attached hydrogen (secondary N) is 2. The third kappa shape index (κ3) is 5.93. The van der Waals surface area contributed by atoms with E-state index >= 15 is 0 Å². The average molecular weight is 593 g/mol. The van der Waals surface area contributed by atoms with E-state index < -0.39 is 23.2 Å². The van der Waals surface area contributed by atoms with Crippen molar-refractivity contribution >= 4 is 46.6 Å². The van der Waals surface area contributed by atoms with Gasteiger partial charge >= 0.3 is 6.18 Å². The van der Waals surface area contributed by atoms with Gasteiger partial charge in [0, 0.05) is 45.3 Å². The number of amides is 2. The van der Waals surface area contributed by atoms with E-state index in [0.717, 1.165) is 29.1 Å². The van der Waals surface area contributed by atoms with Crippen molar-refractivity contribution < 1.29 is 22.8 Å². The molecule has 0 atom stereocenters. The van der Waals surface area contributed by atoms with Crippen molar-refractivity contribution in [3.05, 3.63) is 56.7 Å². The molecule has 2 fully saturated rings. The van der Waals surface area contributed by atoms with Gasteiger partial charge in [0.2, 0.25) is 17.6 Å². The van der Waals surface area contributed by atoms with E-state index in [1.165, 1.54) is 12.2 Å². The van der Waals surface area contributed by atoms with Crippen molar-refractivity contribution in [1.29, 1.82) is 0 Å². The van der Waals surface area contributed by atoms with E-state index in [1.54, 1.807) is 9.47 Å². The Morgan fingerprint density at radius 1 is 1.17 bits per heavy atom. The summed E-state index contributed by atoms with van der Waals surface area (Å²) < 4.78 is 41.8. The predicted octanol–water partition coefficient (Wildman–Crippen LogP) is 2.42. The summed E-state index contributed by atoms with van der Waals surface area (Å²) in [4.78, 5) is 47.2. The first-order valence-electron chi connectivity index (χ1n) is 13.2. The van der Waals surface area contributed by atoms with Crippen molar-refractivity contribution in [1.82, 2.24) is 29.4 Å². The molecule has 218 valence electrons. The van der Waals surface area contributed by atoms with Gasteiger partial charge in [-0.25, -0.2) is 0 Å². The number of piperazine rings is 1. The average Bonchev–Trinajstić information content (AvgIpc) is 3.34. The highest BCUT2D eigenvalue weighted by molar-refractivity contribution is 6.33. The second kappa shape index (κ2) is 11.5. The lowest BCUT2D eigenvalue weighted by Crippen LogP contribution is -2.47. The molecule has 0 radical (unpaired) electrons. The number of hydrogen-bond acceptors (Lipinski definition) is 7. The maximum Gasteiger partial charge on any atom is 0.416 e. The van der Waals surface area contributed by atoms with E-state index in [2.05, 4.69) is 20.7 Å². The van der Waals surface area contributed by atoms with Crippen LogP contribution in [0.25, 0.3) is 11.9 Å². The predicted molar refractivity (Wildman–Crippen MR) is 147 cm³/mol. The van der Waals surface area contributed by atoms with E-state index in [1.807, 2.05) is 11.8 Å². The van der Waals surface area contributed by atoms with E-state index in [9.17, 15) is 27.6 Å². The Hall–Kier alpha value is -3.91. The van der Waals surface area contributed by atoms with Gasteiger partial charge in [0.05, 0.1) is 22.0 Å². The first-order valence-corrected chi connectivity index (χ1v) is 13.6. The third-order valence-corrected chi connectivity index (χ3v) is 7.34. The quantitative estimate of drug-likeness (QED) is 0.405. The van der Waals surface area contributed by atoms with Gasteiger partial charge in [-0.15, -0.1) is 5.10 Å². The van der Waals surface area contributed by atoms with Crippen LogP contribution in [0.3, 0.4) is 0 Å². The zero-order valence-electron chi connectivity index (χ0n) is 22.2. The number of anilines is 2. The van der Waals surface area contributed by atoms with Crippen LogP contribution in [0.4, 0.5) is 24.5 Å². The standard InChI is InChI=1S/C26H28ClF3N8O3/c1-2-19-23(36-12-8-31-9-13-36)24(41)38-25(33-20(34-38)6-7-22(40)35-10-3-11-35)37(19)15-21(39)32-18-5-4-16(14-17(18)27)26(28,29)30/h4-7,14,31H,2-3,8-13,15H2,1H3,(H,32,39)/b7-6+. The number of hydrogen-bond donors (Lipinski definition) is 2. The summed E-state index contributed by atoms with van der Waals surface area (Å²) in [5.41, 5.74) is -0.385. The van der Waals surface area contributed by atoms with Crippen LogP contribution >= 0.6 is 11.6 Å². The van der Waals surface area contributed by atoms with Gasteiger partial charge in [-0.05, 0) is 37.1 Å². The monoisotopic (exact) mass is 592 g/mol. The molecule has 15 heteroatoms.